The Morgan fingerprint density at radius 2 is 2.44 bits per heavy atom. The highest BCUT2D eigenvalue weighted by Crippen LogP contribution is 2.16. The summed E-state index contributed by atoms with van der Waals surface area (Å²) in [7, 11) is 0. The average molecular weight is 243 g/mol. The summed E-state index contributed by atoms with van der Waals surface area (Å²) in [6.07, 6.45) is 3.66. The highest BCUT2D eigenvalue weighted by molar-refractivity contribution is 6.29. The second-order valence-corrected chi connectivity index (χ2v) is 4.17. The molecular formula is C10H15ClN4O. The van der Waals surface area contributed by atoms with E-state index in [-0.39, 0.29) is 5.95 Å². The third-order valence-electron chi connectivity index (χ3n) is 2.51. The normalized spacial score (nSPS) is 19.9. The number of hydrogen-bond acceptors (Lipinski definition) is 5. The molecule has 1 aromatic rings. The molecule has 0 amide bonds. The topological polar surface area (TPSA) is 73.1 Å². The van der Waals surface area contributed by atoms with Crippen LogP contribution in [-0.2, 0) is 4.74 Å². The van der Waals surface area contributed by atoms with Crippen LogP contribution in [0.4, 0.5) is 11.8 Å². The molecule has 1 aromatic heterocycles. The highest BCUT2D eigenvalue weighted by Gasteiger charge is 2.14. The molecule has 0 aliphatic carbocycles. The van der Waals surface area contributed by atoms with Crippen LogP contribution >= 0.6 is 11.6 Å². The van der Waals surface area contributed by atoms with E-state index in [0.29, 0.717) is 17.1 Å². The number of nitrogens with zero attached hydrogens (tertiary/aromatic N) is 2. The number of nitrogen functional groups attached to an aromatic ring is 1. The zero-order valence-corrected chi connectivity index (χ0v) is 9.70. The van der Waals surface area contributed by atoms with Crippen molar-refractivity contribution >= 4 is 23.4 Å². The first-order chi connectivity index (χ1) is 7.74. The van der Waals surface area contributed by atoms with Gasteiger partial charge in [0, 0.05) is 19.2 Å². The average Bonchev–Trinajstić information content (AvgIpc) is 2.69. The molecule has 0 spiro atoms. The molecule has 0 aromatic carbocycles. The molecule has 88 valence electrons. The van der Waals surface area contributed by atoms with Gasteiger partial charge in [0.25, 0.3) is 0 Å². The van der Waals surface area contributed by atoms with Gasteiger partial charge in [0.05, 0.1) is 6.10 Å². The van der Waals surface area contributed by atoms with E-state index in [1.165, 1.54) is 0 Å². The monoisotopic (exact) mass is 242 g/mol. The lowest BCUT2D eigenvalue weighted by atomic mass is 10.2. The van der Waals surface area contributed by atoms with Gasteiger partial charge in [-0.15, -0.1) is 0 Å². The van der Waals surface area contributed by atoms with E-state index in [1.807, 2.05) is 0 Å². The zero-order chi connectivity index (χ0) is 11.4. The predicted octanol–water partition coefficient (Wildman–Crippen LogP) is 1.69. The molecule has 0 radical (unpaired) electrons. The molecule has 1 saturated heterocycles. The van der Waals surface area contributed by atoms with Gasteiger partial charge in [-0.05, 0) is 19.3 Å². The molecule has 0 saturated carbocycles. The Kier molecular flexibility index (Phi) is 3.79. The van der Waals surface area contributed by atoms with E-state index in [9.17, 15) is 0 Å². The van der Waals surface area contributed by atoms with Gasteiger partial charge in [-0.2, -0.15) is 4.98 Å². The van der Waals surface area contributed by atoms with E-state index >= 15 is 0 Å². The smallest absolute Gasteiger partial charge is 0.223 e. The second kappa shape index (κ2) is 5.32. The van der Waals surface area contributed by atoms with Crippen LogP contribution in [0.15, 0.2) is 6.07 Å². The molecule has 2 rings (SSSR count). The summed E-state index contributed by atoms with van der Waals surface area (Å²) in [5, 5.41) is 3.51. The second-order valence-electron chi connectivity index (χ2n) is 3.78. The van der Waals surface area contributed by atoms with Crippen LogP contribution < -0.4 is 11.1 Å². The van der Waals surface area contributed by atoms with Crippen LogP contribution in [0.25, 0.3) is 0 Å². The van der Waals surface area contributed by atoms with Crippen molar-refractivity contribution < 1.29 is 4.74 Å². The minimum absolute atomic E-state index is 0.187. The third-order valence-corrected chi connectivity index (χ3v) is 2.70. The fourth-order valence-electron chi connectivity index (χ4n) is 1.76. The maximum absolute atomic E-state index is 5.76. The fourth-order valence-corrected chi connectivity index (χ4v) is 1.95. The highest BCUT2D eigenvalue weighted by atomic mass is 35.5. The zero-order valence-electron chi connectivity index (χ0n) is 8.95. The minimum Gasteiger partial charge on any atom is -0.378 e. The molecule has 6 heteroatoms. The van der Waals surface area contributed by atoms with Gasteiger partial charge < -0.3 is 15.8 Å². The van der Waals surface area contributed by atoms with Crippen molar-refractivity contribution in [2.75, 3.05) is 24.2 Å². The Hall–Kier alpha value is -1.07. The number of nitrogens with two attached hydrogens (primary N) is 1. The van der Waals surface area contributed by atoms with E-state index in [0.717, 1.165) is 32.4 Å². The summed E-state index contributed by atoms with van der Waals surface area (Å²) in [6, 6.07) is 1.66. The van der Waals surface area contributed by atoms with Crippen LogP contribution in [0.2, 0.25) is 5.15 Å². The van der Waals surface area contributed by atoms with Gasteiger partial charge in [-0.25, -0.2) is 4.98 Å². The number of nitrogens with one attached hydrogen (secondary N) is 1. The number of halogens is 1. The van der Waals surface area contributed by atoms with E-state index < -0.39 is 0 Å². The Labute approximate surface area is 99.4 Å². The van der Waals surface area contributed by atoms with Crippen molar-refractivity contribution in [1.82, 2.24) is 9.97 Å². The van der Waals surface area contributed by atoms with Crippen LogP contribution in [-0.4, -0.2) is 29.2 Å². The number of anilines is 2. The lowest BCUT2D eigenvalue weighted by Gasteiger charge is -2.10. The van der Waals surface area contributed by atoms with E-state index in [2.05, 4.69) is 15.3 Å². The molecule has 5 nitrogen and oxygen atoms in total. The quantitative estimate of drug-likeness (QED) is 0.787. The first-order valence-corrected chi connectivity index (χ1v) is 5.77. The van der Waals surface area contributed by atoms with Crippen molar-refractivity contribution in [2.24, 2.45) is 0 Å². The lowest BCUT2D eigenvalue weighted by Crippen LogP contribution is -2.13. The van der Waals surface area contributed by atoms with Gasteiger partial charge in [0.15, 0.2) is 0 Å². The largest absolute Gasteiger partial charge is 0.378 e. The Morgan fingerprint density at radius 3 is 3.12 bits per heavy atom. The molecule has 16 heavy (non-hydrogen) atoms. The van der Waals surface area contributed by atoms with Gasteiger partial charge in [0.2, 0.25) is 5.95 Å². The van der Waals surface area contributed by atoms with Crippen molar-refractivity contribution in [2.45, 2.75) is 25.4 Å². The Bertz CT molecular complexity index is 334. The molecule has 0 bridgehead atoms. The molecule has 2 heterocycles. The van der Waals surface area contributed by atoms with Gasteiger partial charge >= 0.3 is 0 Å². The van der Waals surface area contributed by atoms with Crippen LogP contribution in [0.3, 0.4) is 0 Å². The van der Waals surface area contributed by atoms with Crippen molar-refractivity contribution in [3.63, 3.8) is 0 Å². The summed E-state index contributed by atoms with van der Waals surface area (Å²) < 4.78 is 5.51. The minimum atomic E-state index is 0.187. The van der Waals surface area contributed by atoms with E-state index in [1.54, 1.807) is 6.07 Å². The number of hydrogen-bond donors (Lipinski definition) is 2. The van der Waals surface area contributed by atoms with Crippen molar-refractivity contribution in [1.29, 1.82) is 0 Å². The molecular weight excluding hydrogens is 228 g/mol. The van der Waals surface area contributed by atoms with Gasteiger partial charge in [-0.1, -0.05) is 11.6 Å². The molecule has 3 N–H and O–H groups in total. The Morgan fingerprint density at radius 1 is 1.56 bits per heavy atom. The summed E-state index contributed by atoms with van der Waals surface area (Å²) in [6.45, 7) is 1.69. The summed E-state index contributed by atoms with van der Waals surface area (Å²) in [5.74, 6) is 0.850. The van der Waals surface area contributed by atoms with Crippen LogP contribution in [0, 0.1) is 0 Å². The van der Waals surface area contributed by atoms with Crippen LogP contribution in [0.5, 0.6) is 0 Å². The maximum atomic E-state index is 5.76. The SMILES string of the molecule is Nc1nc(Cl)cc(NCCC2CCCO2)n1. The standard InChI is InChI=1S/C10H15ClN4O/c11-8-6-9(15-10(12)14-8)13-4-3-7-2-1-5-16-7/h6-7H,1-5H2,(H3,12,13,14,15). The summed E-state index contributed by atoms with van der Waals surface area (Å²) in [5.41, 5.74) is 5.48. The first-order valence-electron chi connectivity index (χ1n) is 5.39. The predicted molar refractivity (Wildman–Crippen MR) is 63.5 cm³/mol. The summed E-state index contributed by atoms with van der Waals surface area (Å²) >= 11 is 5.76. The number of ether oxygens (including phenoxy) is 1. The first kappa shape index (κ1) is 11.4. The molecule has 1 atom stereocenters. The molecule has 1 aliphatic heterocycles. The fraction of sp³-hybridized carbons (Fsp3) is 0.600. The van der Waals surface area contributed by atoms with Crippen molar-refractivity contribution in [3.05, 3.63) is 11.2 Å². The van der Waals surface area contributed by atoms with Gasteiger partial charge in [-0.3, -0.25) is 0 Å². The summed E-state index contributed by atoms with van der Waals surface area (Å²) in [4.78, 5) is 7.82. The van der Waals surface area contributed by atoms with Crippen LogP contribution in [0.1, 0.15) is 19.3 Å². The Balaban J connectivity index is 1.80. The molecule has 1 unspecified atom stereocenters. The number of aromatic nitrogens is 2. The van der Waals surface area contributed by atoms with Gasteiger partial charge in [0.1, 0.15) is 11.0 Å². The maximum Gasteiger partial charge on any atom is 0.223 e. The molecule has 1 aliphatic rings. The lowest BCUT2D eigenvalue weighted by molar-refractivity contribution is 0.107. The van der Waals surface area contributed by atoms with E-state index in [4.69, 9.17) is 22.1 Å². The van der Waals surface area contributed by atoms with Crippen molar-refractivity contribution in [3.8, 4) is 0 Å². The number of rotatable bonds is 4. The third kappa shape index (κ3) is 3.21. The molecule has 1 fully saturated rings.